The highest BCUT2D eigenvalue weighted by Crippen LogP contribution is 2.13. The zero-order valence-electron chi connectivity index (χ0n) is 22.6. The SMILES string of the molecule is CCCCCCCCCCCCCCCCCC(=O)O.CCCCCNCCCN(C)C. The van der Waals surface area contributed by atoms with Crippen molar-refractivity contribution in [1.82, 2.24) is 10.2 Å². The van der Waals surface area contributed by atoms with E-state index in [2.05, 4.69) is 38.2 Å². The number of carbonyl (C=O) groups is 1. The van der Waals surface area contributed by atoms with Crippen molar-refractivity contribution in [3.8, 4) is 0 Å². The van der Waals surface area contributed by atoms with Gasteiger partial charge in [0.05, 0.1) is 0 Å². The van der Waals surface area contributed by atoms with Gasteiger partial charge in [-0.3, -0.25) is 4.79 Å². The van der Waals surface area contributed by atoms with Gasteiger partial charge in [0.25, 0.3) is 0 Å². The number of unbranched alkanes of at least 4 members (excludes halogenated alkanes) is 16. The Bertz CT molecular complexity index is 348. The number of nitrogens with zero attached hydrogens (tertiary/aromatic N) is 1. The molecule has 0 atom stereocenters. The molecule has 0 unspecified atom stereocenters. The van der Waals surface area contributed by atoms with E-state index in [9.17, 15) is 4.79 Å². The van der Waals surface area contributed by atoms with Gasteiger partial charge in [-0.05, 0) is 53.0 Å². The number of rotatable bonds is 24. The van der Waals surface area contributed by atoms with Gasteiger partial charge in [0, 0.05) is 6.42 Å². The van der Waals surface area contributed by atoms with E-state index in [1.807, 2.05) is 0 Å². The molecule has 0 aliphatic rings. The van der Waals surface area contributed by atoms with E-state index in [4.69, 9.17) is 5.11 Å². The lowest BCUT2D eigenvalue weighted by Crippen LogP contribution is -2.21. The van der Waals surface area contributed by atoms with Gasteiger partial charge in [-0.2, -0.15) is 0 Å². The van der Waals surface area contributed by atoms with Crippen LogP contribution < -0.4 is 5.32 Å². The molecular formula is C28H60N2O2. The van der Waals surface area contributed by atoms with Crippen LogP contribution in [0.2, 0.25) is 0 Å². The lowest BCUT2D eigenvalue weighted by molar-refractivity contribution is -0.137. The summed E-state index contributed by atoms with van der Waals surface area (Å²) in [7, 11) is 4.24. The van der Waals surface area contributed by atoms with Crippen LogP contribution in [0.1, 0.15) is 142 Å². The monoisotopic (exact) mass is 456 g/mol. The summed E-state index contributed by atoms with van der Waals surface area (Å²) in [5.41, 5.74) is 0. The van der Waals surface area contributed by atoms with Crippen LogP contribution in [0.4, 0.5) is 0 Å². The summed E-state index contributed by atoms with van der Waals surface area (Å²) < 4.78 is 0. The lowest BCUT2D eigenvalue weighted by Gasteiger charge is -2.09. The van der Waals surface area contributed by atoms with Crippen LogP contribution in [0, 0.1) is 0 Å². The first-order valence-corrected chi connectivity index (χ1v) is 14.1. The number of aliphatic carboxylic acids is 1. The van der Waals surface area contributed by atoms with Crippen LogP contribution in [0.5, 0.6) is 0 Å². The molecule has 0 fully saturated rings. The molecule has 0 bridgehead atoms. The maximum absolute atomic E-state index is 10.3. The molecule has 194 valence electrons. The Morgan fingerprint density at radius 3 is 1.38 bits per heavy atom. The summed E-state index contributed by atoms with van der Waals surface area (Å²) in [4.78, 5) is 12.6. The molecule has 0 saturated heterocycles. The number of carboxylic acid groups (broad SMARTS) is 1. The predicted octanol–water partition coefficient (Wildman–Crippen LogP) is 8.05. The molecule has 0 radical (unpaired) electrons. The van der Waals surface area contributed by atoms with Crippen LogP contribution in [-0.2, 0) is 4.79 Å². The Balaban J connectivity index is 0. The average Bonchev–Trinajstić information content (AvgIpc) is 2.76. The first-order chi connectivity index (χ1) is 15.5. The second kappa shape index (κ2) is 30.4. The van der Waals surface area contributed by atoms with Crippen LogP contribution in [0.15, 0.2) is 0 Å². The summed E-state index contributed by atoms with van der Waals surface area (Å²) >= 11 is 0. The Kier molecular flexibility index (Phi) is 31.9. The smallest absolute Gasteiger partial charge is 0.303 e. The first-order valence-electron chi connectivity index (χ1n) is 14.1. The van der Waals surface area contributed by atoms with E-state index < -0.39 is 5.97 Å². The van der Waals surface area contributed by atoms with Gasteiger partial charge in [0.15, 0.2) is 0 Å². The van der Waals surface area contributed by atoms with E-state index in [1.165, 1.54) is 129 Å². The van der Waals surface area contributed by atoms with E-state index in [0.29, 0.717) is 6.42 Å². The van der Waals surface area contributed by atoms with E-state index in [0.717, 1.165) is 12.8 Å². The van der Waals surface area contributed by atoms with Crippen molar-refractivity contribution in [2.75, 3.05) is 33.7 Å². The minimum atomic E-state index is -0.653. The van der Waals surface area contributed by atoms with E-state index in [-0.39, 0.29) is 0 Å². The summed E-state index contributed by atoms with van der Waals surface area (Å²) in [5.74, 6) is -0.653. The van der Waals surface area contributed by atoms with Gasteiger partial charge in [0.2, 0.25) is 0 Å². The summed E-state index contributed by atoms with van der Waals surface area (Å²) in [6, 6.07) is 0. The third-order valence-electron chi connectivity index (χ3n) is 5.91. The molecule has 0 aliphatic heterocycles. The molecule has 0 amide bonds. The van der Waals surface area contributed by atoms with Gasteiger partial charge < -0.3 is 15.3 Å². The predicted molar refractivity (Wildman–Crippen MR) is 143 cm³/mol. The minimum absolute atomic E-state index is 0.345. The third-order valence-corrected chi connectivity index (χ3v) is 5.91. The fourth-order valence-corrected chi connectivity index (χ4v) is 3.79. The highest BCUT2D eigenvalue weighted by atomic mass is 16.4. The van der Waals surface area contributed by atoms with Gasteiger partial charge in [0.1, 0.15) is 0 Å². The van der Waals surface area contributed by atoms with Gasteiger partial charge in [-0.25, -0.2) is 0 Å². The van der Waals surface area contributed by atoms with Gasteiger partial charge in [-0.1, -0.05) is 117 Å². The number of carboxylic acids is 1. The molecule has 2 N–H and O–H groups in total. The quantitative estimate of drug-likeness (QED) is 0.144. The molecule has 4 heteroatoms. The summed E-state index contributed by atoms with van der Waals surface area (Å²) in [6.45, 7) is 8.07. The van der Waals surface area contributed by atoms with Crippen molar-refractivity contribution >= 4 is 5.97 Å². The van der Waals surface area contributed by atoms with Crippen LogP contribution in [-0.4, -0.2) is 49.7 Å². The molecular weight excluding hydrogens is 396 g/mol. The molecule has 0 heterocycles. The Morgan fingerprint density at radius 1 is 0.594 bits per heavy atom. The zero-order valence-corrected chi connectivity index (χ0v) is 22.6. The minimum Gasteiger partial charge on any atom is -0.481 e. The fourth-order valence-electron chi connectivity index (χ4n) is 3.79. The molecule has 0 saturated carbocycles. The topological polar surface area (TPSA) is 52.6 Å². The molecule has 32 heavy (non-hydrogen) atoms. The maximum Gasteiger partial charge on any atom is 0.303 e. The molecule has 0 aromatic rings. The number of hydrogen-bond acceptors (Lipinski definition) is 3. The maximum atomic E-state index is 10.3. The highest BCUT2D eigenvalue weighted by Gasteiger charge is 1.97. The molecule has 0 spiro atoms. The molecule has 0 rings (SSSR count). The molecule has 0 aliphatic carbocycles. The lowest BCUT2D eigenvalue weighted by atomic mass is 10.0. The summed E-state index contributed by atoms with van der Waals surface area (Å²) in [5, 5.41) is 12.0. The van der Waals surface area contributed by atoms with Gasteiger partial charge in [-0.15, -0.1) is 0 Å². The Morgan fingerprint density at radius 2 is 0.969 bits per heavy atom. The van der Waals surface area contributed by atoms with Gasteiger partial charge >= 0.3 is 5.97 Å². The second-order valence-electron chi connectivity index (χ2n) is 9.71. The Hall–Kier alpha value is -0.610. The Labute approximate surface area is 202 Å². The zero-order chi connectivity index (χ0) is 24.1. The first kappa shape index (κ1) is 33.6. The van der Waals surface area contributed by atoms with Crippen LogP contribution >= 0.6 is 0 Å². The molecule has 0 aromatic heterocycles. The van der Waals surface area contributed by atoms with Crippen LogP contribution in [0.3, 0.4) is 0 Å². The molecule has 0 aromatic carbocycles. The van der Waals surface area contributed by atoms with Crippen molar-refractivity contribution in [2.45, 2.75) is 142 Å². The normalized spacial score (nSPS) is 10.9. The van der Waals surface area contributed by atoms with Crippen molar-refractivity contribution in [1.29, 1.82) is 0 Å². The van der Waals surface area contributed by atoms with E-state index >= 15 is 0 Å². The standard InChI is InChI=1S/C18H36O2.C10H24N2/c1-2-3-4-5-6-7-8-9-10-11-12-13-14-15-16-17-18(19)20;1-4-5-6-8-11-9-7-10-12(2)3/h2-17H2,1H3,(H,19,20);11H,4-10H2,1-3H3. The fraction of sp³-hybridized carbons (Fsp3) is 0.964. The molecule has 4 nitrogen and oxygen atoms in total. The van der Waals surface area contributed by atoms with Crippen molar-refractivity contribution in [2.24, 2.45) is 0 Å². The largest absolute Gasteiger partial charge is 0.481 e. The highest BCUT2D eigenvalue weighted by molar-refractivity contribution is 5.66. The van der Waals surface area contributed by atoms with Crippen molar-refractivity contribution in [3.05, 3.63) is 0 Å². The second-order valence-corrected chi connectivity index (χ2v) is 9.71. The number of hydrogen-bond donors (Lipinski definition) is 2. The van der Waals surface area contributed by atoms with E-state index in [1.54, 1.807) is 0 Å². The van der Waals surface area contributed by atoms with Crippen molar-refractivity contribution < 1.29 is 9.90 Å². The number of nitrogens with one attached hydrogen (secondary N) is 1. The average molecular weight is 457 g/mol. The van der Waals surface area contributed by atoms with Crippen molar-refractivity contribution in [3.63, 3.8) is 0 Å². The van der Waals surface area contributed by atoms with Crippen LogP contribution in [0.25, 0.3) is 0 Å². The third kappa shape index (κ3) is 36.7. The summed E-state index contributed by atoms with van der Waals surface area (Å²) in [6.07, 6.45) is 25.5.